The number of amides is 2. The zero-order valence-corrected chi connectivity index (χ0v) is 26.8. The molecular weight excluding hydrogens is 618 g/mol. The van der Waals surface area contributed by atoms with Gasteiger partial charge in [-0.05, 0) is 67.8 Å². The summed E-state index contributed by atoms with van der Waals surface area (Å²) in [5.74, 6) is -1.56. The smallest absolute Gasteiger partial charge is 0.316 e. The molecule has 43 heavy (non-hydrogen) atoms. The number of carbonyl (C=O) groups is 3. The Balaban J connectivity index is 0.00000506. The van der Waals surface area contributed by atoms with Gasteiger partial charge in [-0.2, -0.15) is 0 Å². The maximum absolute atomic E-state index is 13.7. The fourth-order valence-corrected chi connectivity index (χ4v) is 6.76. The molecule has 3 atom stereocenters. The SMILES string of the molecule is CC(=O)N1CCN(C(=O)Cc2ccc(S(C)(=O)=O)cc2)C(C(CC2CCCN2)C(=O)Oc2ccc(S(C)(=O)=O)cc2)C1.Cl. The molecule has 0 bridgehead atoms. The first-order valence-electron chi connectivity index (χ1n) is 13.8. The van der Waals surface area contributed by atoms with Crippen molar-refractivity contribution in [3.8, 4) is 5.75 Å². The minimum absolute atomic E-state index is 0. The van der Waals surface area contributed by atoms with Gasteiger partial charge in [-0.1, -0.05) is 12.1 Å². The molecule has 3 unspecified atom stereocenters. The Bertz CT molecular complexity index is 1520. The van der Waals surface area contributed by atoms with E-state index >= 15 is 0 Å². The summed E-state index contributed by atoms with van der Waals surface area (Å²) >= 11 is 0. The van der Waals surface area contributed by atoms with Crippen molar-refractivity contribution in [1.82, 2.24) is 15.1 Å². The lowest BCUT2D eigenvalue weighted by Crippen LogP contribution is -2.61. The highest BCUT2D eigenvalue weighted by atomic mass is 35.5. The molecule has 236 valence electrons. The summed E-state index contributed by atoms with van der Waals surface area (Å²) in [6.45, 7) is 2.98. The van der Waals surface area contributed by atoms with Gasteiger partial charge in [0.2, 0.25) is 11.8 Å². The van der Waals surface area contributed by atoms with Gasteiger partial charge in [0.25, 0.3) is 0 Å². The van der Waals surface area contributed by atoms with Gasteiger partial charge in [0.15, 0.2) is 19.7 Å². The van der Waals surface area contributed by atoms with Crippen LogP contribution in [0.3, 0.4) is 0 Å². The summed E-state index contributed by atoms with van der Waals surface area (Å²) in [6.07, 6.45) is 4.41. The van der Waals surface area contributed by atoms with Gasteiger partial charge in [0.1, 0.15) is 5.75 Å². The molecule has 0 radical (unpaired) electrons. The van der Waals surface area contributed by atoms with E-state index < -0.39 is 37.6 Å². The predicted octanol–water partition coefficient (Wildman–Crippen LogP) is 1.88. The lowest BCUT2D eigenvalue weighted by Gasteiger charge is -2.44. The van der Waals surface area contributed by atoms with Gasteiger partial charge in [-0.3, -0.25) is 14.4 Å². The molecule has 2 saturated heterocycles. The van der Waals surface area contributed by atoms with Crippen LogP contribution in [0.4, 0.5) is 0 Å². The maximum atomic E-state index is 13.7. The summed E-state index contributed by atoms with van der Waals surface area (Å²) in [4.78, 5) is 43.3. The zero-order valence-electron chi connectivity index (χ0n) is 24.4. The number of nitrogens with one attached hydrogen (secondary N) is 1. The van der Waals surface area contributed by atoms with E-state index in [1.807, 2.05) is 0 Å². The van der Waals surface area contributed by atoms with Gasteiger partial charge in [-0.25, -0.2) is 16.8 Å². The summed E-state index contributed by atoms with van der Waals surface area (Å²) in [7, 11) is -6.80. The van der Waals surface area contributed by atoms with Crippen molar-refractivity contribution in [2.45, 2.75) is 54.5 Å². The summed E-state index contributed by atoms with van der Waals surface area (Å²) in [6, 6.07) is 11.1. The largest absolute Gasteiger partial charge is 0.426 e. The fourth-order valence-electron chi connectivity index (χ4n) is 5.50. The highest BCUT2D eigenvalue weighted by Gasteiger charge is 2.42. The van der Waals surface area contributed by atoms with Gasteiger partial charge >= 0.3 is 5.97 Å². The van der Waals surface area contributed by atoms with Crippen molar-refractivity contribution in [2.75, 3.05) is 38.7 Å². The predicted molar refractivity (Wildman–Crippen MR) is 163 cm³/mol. The van der Waals surface area contributed by atoms with E-state index in [0.717, 1.165) is 31.9 Å². The summed E-state index contributed by atoms with van der Waals surface area (Å²) < 4.78 is 53.1. The molecule has 0 saturated carbocycles. The molecule has 2 aromatic carbocycles. The molecule has 0 aromatic heterocycles. The first-order valence-corrected chi connectivity index (χ1v) is 17.6. The number of ether oxygens (including phenoxy) is 1. The van der Waals surface area contributed by atoms with Crippen LogP contribution in [0.1, 0.15) is 31.7 Å². The third-order valence-corrected chi connectivity index (χ3v) is 10.1. The van der Waals surface area contributed by atoms with Crippen LogP contribution in [0.2, 0.25) is 0 Å². The van der Waals surface area contributed by atoms with Crippen LogP contribution >= 0.6 is 12.4 Å². The number of carbonyl (C=O) groups excluding carboxylic acids is 3. The second-order valence-electron chi connectivity index (χ2n) is 11.0. The Kier molecular flexibility index (Phi) is 11.4. The lowest BCUT2D eigenvalue weighted by molar-refractivity contribution is -0.151. The first-order chi connectivity index (χ1) is 19.7. The average Bonchev–Trinajstić information content (AvgIpc) is 3.44. The molecule has 0 aliphatic carbocycles. The first kappa shape index (κ1) is 34.5. The van der Waals surface area contributed by atoms with E-state index in [-0.39, 0.29) is 65.3 Å². The van der Waals surface area contributed by atoms with Crippen LogP contribution in [-0.2, 0) is 40.5 Å². The molecule has 2 fully saturated rings. The number of esters is 1. The molecule has 2 heterocycles. The Morgan fingerprint density at radius 2 is 1.51 bits per heavy atom. The molecule has 2 aromatic rings. The molecule has 1 N–H and O–H groups in total. The maximum Gasteiger partial charge on any atom is 0.316 e. The number of piperazine rings is 1. The van der Waals surface area contributed by atoms with E-state index in [4.69, 9.17) is 4.74 Å². The fraction of sp³-hybridized carbons (Fsp3) is 0.483. The van der Waals surface area contributed by atoms with Crippen molar-refractivity contribution in [1.29, 1.82) is 0 Å². The normalized spacial score (nSPS) is 19.8. The van der Waals surface area contributed by atoms with Gasteiger partial charge < -0.3 is 19.9 Å². The number of sulfone groups is 2. The quantitative estimate of drug-likeness (QED) is 0.316. The Labute approximate surface area is 259 Å². The van der Waals surface area contributed by atoms with Crippen molar-refractivity contribution in [2.24, 2.45) is 5.92 Å². The number of hydrogen-bond acceptors (Lipinski definition) is 9. The highest BCUT2D eigenvalue weighted by molar-refractivity contribution is 7.91. The second-order valence-corrected chi connectivity index (χ2v) is 15.0. The van der Waals surface area contributed by atoms with Gasteiger partial charge in [0, 0.05) is 45.1 Å². The standard InChI is InChI=1S/C29H37N3O8S2.ClH/c1-20(33)31-15-16-32(28(34)17-21-6-10-24(11-7-21)41(2,36)37)27(19-31)26(18-22-5-4-14-30-22)29(35)40-23-8-12-25(13-9-23)42(3,38)39;/h6-13,22,26-27,30H,4-5,14-19H2,1-3H3;1H. The molecule has 2 aliphatic heterocycles. The van der Waals surface area contributed by atoms with E-state index in [2.05, 4.69) is 5.32 Å². The van der Waals surface area contributed by atoms with E-state index in [9.17, 15) is 31.2 Å². The average molecular weight is 656 g/mol. The number of rotatable bonds is 9. The molecule has 2 amide bonds. The lowest BCUT2D eigenvalue weighted by atomic mass is 9.88. The van der Waals surface area contributed by atoms with E-state index in [0.29, 0.717) is 18.5 Å². The number of nitrogens with zero attached hydrogens (tertiary/aromatic N) is 2. The number of hydrogen-bond donors (Lipinski definition) is 1. The number of halogens is 1. The second kappa shape index (κ2) is 14.2. The molecule has 11 nitrogen and oxygen atoms in total. The molecule has 2 aliphatic rings. The number of benzene rings is 2. The van der Waals surface area contributed by atoms with Crippen molar-refractivity contribution in [3.63, 3.8) is 0 Å². The van der Waals surface area contributed by atoms with Gasteiger partial charge in [0.05, 0.1) is 28.2 Å². The summed E-state index contributed by atoms with van der Waals surface area (Å²) in [5.41, 5.74) is 0.627. The Morgan fingerprint density at radius 3 is 2.02 bits per heavy atom. The molecule has 4 rings (SSSR count). The minimum Gasteiger partial charge on any atom is -0.426 e. The minimum atomic E-state index is -3.42. The molecular formula is C29H38ClN3O8S2. The van der Waals surface area contributed by atoms with Gasteiger partial charge in [-0.15, -0.1) is 12.4 Å². The topological polar surface area (TPSA) is 147 Å². The van der Waals surface area contributed by atoms with Crippen LogP contribution in [0.5, 0.6) is 5.75 Å². The van der Waals surface area contributed by atoms with E-state index in [1.54, 1.807) is 21.9 Å². The Morgan fingerprint density at radius 1 is 0.930 bits per heavy atom. The monoisotopic (exact) mass is 655 g/mol. The van der Waals surface area contributed by atoms with Crippen molar-refractivity contribution >= 4 is 49.9 Å². The third-order valence-electron chi connectivity index (χ3n) is 7.83. The molecule has 14 heteroatoms. The summed E-state index contributed by atoms with van der Waals surface area (Å²) in [5, 5.41) is 3.40. The van der Waals surface area contributed by atoms with Crippen LogP contribution < -0.4 is 10.1 Å². The third kappa shape index (κ3) is 9.01. The van der Waals surface area contributed by atoms with Crippen LogP contribution in [-0.4, -0.2) is 95.2 Å². The van der Waals surface area contributed by atoms with Crippen molar-refractivity contribution in [3.05, 3.63) is 54.1 Å². The van der Waals surface area contributed by atoms with Crippen LogP contribution in [0.25, 0.3) is 0 Å². The van der Waals surface area contributed by atoms with Crippen molar-refractivity contribution < 1.29 is 36.0 Å². The van der Waals surface area contributed by atoms with E-state index in [1.165, 1.54) is 43.3 Å². The highest BCUT2D eigenvalue weighted by Crippen LogP contribution is 2.28. The van der Waals surface area contributed by atoms with Crippen LogP contribution in [0.15, 0.2) is 58.3 Å². The molecule has 0 spiro atoms. The van der Waals surface area contributed by atoms with Crippen LogP contribution in [0, 0.1) is 5.92 Å². The zero-order chi connectivity index (χ0) is 30.7. The Hall–Kier alpha value is -3.00.